The van der Waals surface area contributed by atoms with Gasteiger partial charge < -0.3 is 10.6 Å². The number of benzene rings is 2. The molecule has 1 amide bonds. The summed E-state index contributed by atoms with van der Waals surface area (Å²) in [5, 5.41) is 17.1. The number of non-ortho nitro benzene ring substituents is 1. The van der Waals surface area contributed by atoms with Gasteiger partial charge in [-0.15, -0.1) is 12.4 Å². The molecular formula is C18H20ClN3O3. The molecule has 1 atom stereocenters. The molecule has 0 fully saturated rings. The zero-order valence-corrected chi connectivity index (χ0v) is 14.6. The lowest BCUT2D eigenvalue weighted by molar-refractivity contribution is -0.384. The summed E-state index contributed by atoms with van der Waals surface area (Å²) in [6.07, 6.45) is 1.87. The molecule has 1 aliphatic rings. The summed E-state index contributed by atoms with van der Waals surface area (Å²) >= 11 is 0. The Morgan fingerprint density at radius 3 is 2.80 bits per heavy atom. The fourth-order valence-electron chi connectivity index (χ4n) is 2.99. The van der Waals surface area contributed by atoms with Crippen molar-refractivity contribution in [2.24, 2.45) is 0 Å². The van der Waals surface area contributed by atoms with Gasteiger partial charge in [0.25, 0.3) is 11.6 Å². The van der Waals surface area contributed by atoms with Gasteiger partial charge in [0.15, 0.2) is 0 Å². The monoisotopic (exact) mass is 361 g/mol. The summed E-state index contributed by atoms with van der Waals surface area (Å²) < 4.78 is 0. The highest BCUT2D eigenvalue weighted by Crippen LogP contribution is 2.26. The summed E-state index contributed by atoms with van der Waals surface area (Å²) in [6, 6.07) is 11.7. The van der Waals surface area contributed by atoms with Gasteiger partial charge in [0, 0.05) is 29.9 Å². The van der Waals surface area contributed by atoms with Gasteiger partial charge in [0.2, 0.25) is 0 Å². The van der Waals surface area contributed by atoms with E-state index in [1.54, 1.807) is 12.1 Å². The number of amides is 1. The first-order valence-electron chi connectivity index (χ1n) is 7.97. The topological polar surface area (TPSA) is 84.3 Å². The highest BCUT2D eigenvalue weighted by molar-refractivity contribution is 5.97. The number of fused-ring (bicyclic) bond motifs is 1. The van der Waals surface area contributed by atoms with Crippen LogP contribution < -0.4 is 10.6 Å². The molecule has 0 aromatic heterocycles. The van der Waals surface area contributed by atoms with Crippen molar-refractivity contribution in [2.75, 3.05) is 11.9 Å². The summed E-state index contributed by atoms with van der Waals surface area (Å²) in [4.78, 5) is 23.1. The average Bonchev–Trinajstić information content (AvgIpc) is 2.61. The van der Waals surface area contributed by atoms with Crippen LogP contribution in [0.4, 0.5) is 11.4 Å². The first-order valence-corrected chi connectivity index (χ1v) is 7.97. The van der Waals surface area contributed by atoms with Crippen LogP contribution in [-0.2, 0) is 6.42 Å². The van der Waals surface area contributed by atoms with E-state index in [0.717, 1.165) is 30.6 Å². The third kappa shape index (κ3) is 4.09. The number of halogens is 1. The van der Waals surface area contributed by atoms with Crippen LogP contribution in [0.1, 0.15) is 40.9 Å². The average molecular weight is 362 g/mol. The van der Waals surface area contributed by atoms with E-state index in [0.29, 0.717) is 11.1 Å². The summed E-state index contributed by atoms with van der Waals surface area (Å²) in [5.74, 6) is -0.158. The van der Waals surface area contributed by atoms with Gasteiger partial charge in [0.1, 0.15) is 0 Å². The molecule has 0 saturated heterocycles. The van der Waals surface area contributed by atoms with Crippen LogP contribution >= 0.6 is 12.4 Å². The molecule has 0 aliphatic carbocycles. The van der Waals surface area contributed by atoms with E-state index >= 15 is 0 Å². The SMILES string of the molecule is CC(NC(=O)c1cccc2c1CCCN2)c1cccc([N+](=O)[O-])c1.Cl. The van der Waals surface area contributed by atoms with E-state index in [1.165, 1.54) is 12.1 Å². The number of carbonyl (C=O) groups is 1. The Bertz CT molecular complexity index is 795. The normalized spacial score (nSPS) is 13.6. The van der Waals surface area contributed by atoms with E-state index in [9.17, 15) is 14.9 Å². The second-order valence-electron chi connectivity index (χ2n) is 5.91. The first kappa shape index (κ1) is 18.7. The van der Waals surface area contributed by atoms with Gasteiger partial charge in [-0.2, -0.15) is 0 Å². The second kappa shape index (κ2) is 7.98. The summed E-state index contributed by atoms with van der Waals surface area (Å²) in [5.41, 5.74) is 3.44. The Morgan fingerprint density at radius 2 is 2.04 bits per heavy atom. The predicted octanol–water partition coefficient (Wildman–Crippen LogP) is 3.87. The maximum Gasteiger partial charge on any atom is 0.269 e. The van der Waals surface area contributed by atoms with Gasteiger partial charge in [-0.1, -0.05) is 18.2 Å². The molecule has 132 valence electrons. The lowest BCUT2D eigenvalue weighted by atomic mass is 9.96. The van der Waals surface area contributed by atoms with Gasteiger partial charge in [-0.05, 0) is 43.0 Å². The molecule has 1 heterocycles. The molecule has 2 N–H and O–H groups in total. The molecule has 1 unspecified atom stereocenters. The minimum Gasteiger partial charge on any atom is -0.385 e. The number of rotatable bonds is 4. The molecule has 7 heteroatoms. The number of nitro benzene ring substituents is 1. The minimum atomic E-state index is -0.433. The minimum absolute atomic E-state index is 0. The van der Waals surface area contributed by atoms with Crippen molar-refractivity contribution in [3.63, 3.8) is 0 Å². The molecule has 0 radical (unpaired) electrons. The zero-order chi connectivity index (χ0) is 17.1. The Kier molecular flexibility index (Phi) is 5.98. The van der Waals surface area contributed by atoms with Crippen LogP contribution in [-0.4, -0.2) is 17.4 Å². The number of nitro groups is 1. The fraction of sp³-hybridized carbons (Fsp3) is 0.278. The van der Waals surface area contributed by atoms with Crippen LogP contribution in [0.2, 0.25) is 0 Å². The molecule has 2 aromatic rings. The number of hydrogen-bond acceptors (Lipinski definition) is 4. The second-order valence-corrected chi connectivity index (χ2v) is 5.91. The van der Waals surface area contributed by atoms with Gasteiger partial charge in [0.05, 0.1) is 11.0 Å². The number of nitrogens with one attached hydrogen (secondary N) is 2. The molecular weight excluding hydrogens is 342 g/mol. The molecule has 3 rings (SSSR count). The van der Waals surface area contributed by atoms with Crippen molar-refractivity contribution in [2.45, 2.75) is 25.8 Å². The Hall–Kier alpha value is -2.60. The van der Waals surface area contributed by atoms with Crippen LogP contribution in [0.3, 0.4) is 0 Å². The third-order valence-electron chi connectivity index (χ3n) is 4.27. The predicted molar refractivity (Wildman–Crippen MR) is 99.5 cm³/mol. The quantitative estimate of drug-likeness (QED) is 0.639. The van der Waals surface area contributed by atoms with Crippen molar-refractivity contribution in [1.29, 1.82) is 0 Å². The van der Waals surface area contributed by atoms with Crippen LogP contribution in [0.25, 0.3) is 0 Å². The maximum absolute atomic E-state index is 12.6. The third-order valence-corrected chi connectivity index (χ3v) is 4.27. The lowest BCUT2D eigenvalue weighted by Gasteiger charge is -2.22. The molecule has 6 nitrogen and oxygen atoms in total. The smallest absolute Gasteiger partial charge is 0.269 e. The lowest BCUT2D eigenvalue weighted by Crippen LogP contribution is -2.28. The van der Waals surface area contributed by atoms with Gasteiger partial charge in [-0.3, -0.25) is 14.9 Å². The zero-order valence-electron chi connectivity index (χ0n) is 13.8. The van der Waals surface area contributed by atoms with E-state index < -0.39 is 4.92 Å². The first-order chi connectivity index (χ1) is 11.6. The van der Waals surface area contributed by atoms with Crippen LogP contribution in [0.15, 0.2) is 42.5 Å². The van der Waals surface area contributed by atoms with Crippen molar-refractivity contribution >= 4 is 29.7 Å². The molecule has 0 bridgehead atoms. The van der Waals surface area contributed by atoms with Gasteiger partial charge >= 0.3 is 0 Å². The Morgan fingerprint density at radius 1 is 1.28 bits per heavy atom. The Labute approximate surface area is 152 Å². The largest absolute Gasteiger partial charge is 0.385 e. The number of nitrogens with zero attached hydrogens (tertiary/aromatic N) is 1. The van der Waals surface area contributed by atoms with E-state index in [-0.39, 0.29) is 30.0 Å². The van der Waals surface area contributed by atoms with E-state index in [4.69, 9.17) is 0 Å². The van der Waals surface area contributed by atoms with Crippen molar-refractivity contribution < 1.29 is 9.72 Å². The van der Waals surface area contributed by atoms with Gasteiger partial charge in [-0.25, -0.2) is 0 Å². The van der Waals surface area contributed by atoms with Crippen LogP contribution in [0, 0.1) is 10.1 Å². The maximum atomic E-state index is 12.6. The molecule has 1 aliphatic heterocycles. The molecule has 2 aromatic carbocycles. The standard InChI is InChI=1S/C18H19N3O3.ClH/c1-12(13-5-2-6-14(11-13)21(23)24)20-18(22)16-7-3-9-17-15(16)8-4-10-19-17;/h2-3,5-7,9,11-12,19H,4,8,10H2,1H3,(H,20,22);1H. The van der Waals surface area contributed by atoms with Crippen LogP contribution in [0.5, 0.6) is 0 Å². The van der Waals surface area contributed by atoms with Crippen molar-refractivity contribution in [3.05, 3.63) is 69.3 Å². The van der Waals surface area contributed by atoms with E-state index in [1.807, 2.05) is 25.1 Å². The summed E-state index contributed by atoms with van der Waals surface area (Å²) in [7, 11) is 0. The number of hydrogen-bond donors (Lipinski definition) is 2. The molecule has 0 saturated carbocycles. The summed E-state index contributed by atoms with van der Waals surface area (Å²) in [6.45, 7) is 2.74. The Balaban J connectivity index is 0.00000225. The molecule has 0 spiro atoms. The number of carbonyl (C=O) groups excluding carboxylic acids is 1. The number of anilines is 1. The highest BCUT2D eigenvalue weighted by atomic mass is 35.5. The molecule has 25 heavy (non-hydrogen) atoms. The van der Waals surface area contributed by atoms with E-state index in [2.05, 4.69) is 10.6 Å². The van der Waals surface area contributed by atoms with Crippen molar-refractivity contribution in [3.8, 4) is 0 Å². The highest BCUT2D eigenvalue weighted by Gasteiger charge is 2.19. The fourth-order valence-corrected chi connectivity index (χ4v) is 2.99. The van der Waals surface area contributed by atoms with Crippen molar-refractivity contribution in [1.82, 2.24) is 5.32 Å².